The molecule has 7 nitrogen and oxygen atoms in total. The highest BCUT2D eigenvalue weighted by atomic mass is 19.3. The van der Waals surface area contributed by atoms with Crippen molar-refractivity contribution in [1.82, 2.24) is 4.98 Å². The Hall–Kier alpha value is -2.32. The molecule has 0 aliphatic heterocycles. The van der Waals surface area contributed by atoms with Gasteiger partial charge in [0.05, 0.1) is 19.8 Å². The van der Waals surface area contributed by atoms with Crippen molar-refractivity contribution in [3.8, 4) is 5.75 Å². The quantitative estimate of drug-likeness (QED) is 0.464. The summed E-state index contributed by atoms with van der Waals surface area (Å²) in [7, 11) is 1.05. The molecule has 0 atom stereocenters. The van der Waals surface area contributed by atoms with Gasteiger partial charge in [-0.25, -0.2) is 13.6 Å². The van der Waals surface area contributed by atoms with Gasteiger partial charge < -0.3 is 19.6 Å². The van der Waals surface area contributed by atoms with Gasteiger partial charge in [0.2, 0.25) is 0 Å². The molecule has 0 saturated heterocycles. The number of methoxy groups -OCH3 is 1. The van der Waals surface area contributed by atoms with E-state index < -0.39 is 40.1 Å². The summed E-state index contributed by atoms with van der Waals surface area (Å²) < 4.78 is 34.8. The maximum atomic E-state index is 12.8. The van der Waals surface area contributed by atoms with Crippen molar-refractivity contribution in [3.63, 3.8) is 0 Å². The van der Waals surface area contributed by atoms with Crippen molar-refractivity contribution in [3.05, 3.63) is 27.4 Å². The van der Waals surface area contributed by atoms with E-state index >= 15 is 0 Å². The fourth-order valence-corrected chi connectivity index (χ4v) is 1.36. The largest absolute Gasteiger partial charge is 0.492 e. The molecule has 0 N–H and O–H groups in total. The Morgan fingerprint density at radius 3 is 2.63 bits per heavy atom. The molecule has 1 heterocycles. The van der Waals surface area contributed by atoms with Crippen LogP contribution in [0.2, 0.25) is 0 Å². The zero-order chi connectivity index (χ0) is 14.6. The summed E-state index contributed by atoms with van der Waals surface area (Å²) in [6.07, 6.45) is -3.12. The van der Waals surface area contributed by atoms with Gasteiger partial charge in [-0.1, -0.05) is 0 Å². The van der Waals surface area contributed by atoms with E-state index in [2.05, 4.69) is 14.5 Å². The molecule has 0 aromatic carbocycles. The number of halogens is 2. The number of rotatable bonds is 5. The average molecular weight is 276 g/mol. The molecule has 0 saturated carbocycles. The van der Waals surface area contributed by atoms with E-state index in [-0.39, 0.29) is 6.61 Å². The number of esters is 1. The summed E-state index contributed by atoms with van der Waals surface area (Å²) in [5.41, 5.74) is -1.43. The van der Waals surface area contributed by atoms with Gasteiger partial charge in [-0.05, 0) is 16.8 Å². The predicted octanol–water partition coefficient (Wildman–Crippen LogP) is 2.11. The van der Waals surface area contributed by atoms with Crippen LogP contribution >= 0.6 is 0 Å². The first kappa shape index (κ1) is 14.7. The predicted molar refractivity (Wildman–Crippen MR) is 58.4 cm³/mol. The molecule has 9 heteroatoms. The number of nitrogens with zero attached hydrogens (tertiary/aromatic N) is 2. The second-order valence-corrected chi connectivity index (χ2v) is 3.22. The van der Waals surface area contributed by atoms with Crippen molar-refractivity contribution in [2.45, 2.75) is 13.3 Å². The number of carbonyl (C=O) groups is 1. The molecule has 19 heavy (non-hydrogen) atoms. The third-order valence-corrected chi connectivity index (χ3v) is 2.08. The van der Waals surface area contributed by atoms with Gasteiger partial charge in [-0.2, -0.15) is 0 Å². The van der Waals surface area contributed by atoms with Gasteiger partial charge in [-0.3, -0.25) is 0 Å². The highest BCUT2D eigenvalue weighted by molar-refractivity contribution is 5.93. The minimum absolute atomic E-state index is 0.0118. The van der Waals surface area contributed by atoms with Crippen LogP contribution < -0.4 is 4.74 Å². The summed E-state index contributed by atoms with van der Waals surface area (Å²) in [4.78, 5) is 24.4. The van der Waals surface area contributed by atoms with Crippen LogP contribution in [0.15, 0.2) is 6.07 Å². The molecule has 0 aliphatic carbocycles. The Morgan fingerprint density at radius 2 is 2.21 bits per heavy atom. The van der Waals surface area contributed by atoms with Gasteiger partial charge in [0.15, 0.2) is 5.75 Å². The Labute approximate surface area is 106 Å². The van der Waals surface area contributed by atoms with Crippen molar-refractivity contribution >= 4 is 11.8 Å². The molecule has 0 spiro atoms. The monoisotopic (exact) mass is 276 g/mol. The number of hydrogen-bond acceptors (Lipinski definition) is 6. The van der Waals surface area contributed by atoms with Gasteiger partial charge in [-0.15, -0.1) is 0 Å². The van der Waals surface area contributed by atoms with Crippen molar-refractivity contribution < 1.29 is 28.0 Å². The zero-order valence-corrected chi connectivity index (χ0v) is 10.1. The van der Waals surface area contributed by atoms with Crippen LogP contribution in [0, 0.1) is 10.1 Å². The third-order valence-electron chi connectivity index (χ3n) is 2.08. The summed E-state index contributed by atoms with van der Waals surface area (Å²) in [6, 6.07) is 0.739. The highest BCUT2D eigenvalue weighted by Crippen LogP contribution is 2.33. The Kier molecular flexibility index (Phi) is 4.67. The Morgan fingerprint density at radius 1 is 1.58 bits per heavy atom. The summed E-state index contributed by atoms with van der Waals surface area (Å²) >= 11 is 0. The zero-order valence-electron chi connectivity index (χ0n) is 10.1. The van der Waals surface area contributed by atoms with E-state index in [0.717, 1.165) is 13.2 Å². The first-order chi connectivity index (χ1) is 8.92. The topological polar surface area (TPSA) is 91.6 Å². The normalized spacial score (nSPS) is 10.4. The lowest BCUT2D eigenvalue weighted by atomic mass is 10.2. The number of aromatic nitrogens is 1. The summed E-state index contributed by atoms with van der Waals surface area (Å²) in [6.45, 7) is 1.50. The van der Waals surface area contributed by atoms with Crippen LogP contribution in [-0.2, 0) is 4.74 Å². The smallest absolute Gasteiger partial charge is 0.365 e. The molecule has 1 aromatic rings. The Bertz CT molecular complexity index is 507. The van der Waals surface area contributed by atoms with E-state index in [1.54, 1.807) is 0 Å². The molecule has 0 unspecified atom stereocenters. The molecular weight excluding hydrogens is 266 g/mol. The standard InChI is InChI=1S/C10H10F2N2O5/c1-3-19-10(15)5-4-6(14(16)17)13-7(9(11)12)8(5)18-2/h4,9H,3H2,1-2H3. The fraction of sp³-hybridized carbons (Fsp3) is 0.400. The summed E-state index contributed by atoms with van der Waals surface area (Å²) in [5.74, 6) is -2.40. The molecule has 0 aliphatic rings. The lowest BCUT2D eigenvalue weighted by Gasteiger charge is -2.09. The molecule has 0 bridgehead atoms. The minimum atomic E-state index is -3.12. The molecule has 0 radical (unpaired) electrons. The fourth-order valence-electron chi connectivity index (χ4n) is 1.36. The van der Waals surface area contributed by atoms with Crippen molar-refractivity contribution in [2.75, 3.05) is 13.7 Å². The second-order valence-electron chi connectivity index (χ2n) is 3.22. The van der Waals surface area contributed by atoms with Crippen molar-refractivity contribution in [2.24, 2.45) is 0 Å². The van der Waals surface area contributed by atoms with Crippen LogP contribution in [0.5, 0.6) is 5.75 Å². The number of ether oxygens (including phenoxy) is 2. The number of hydrogen-bond donors (Lipinski definition) is 0. The number of nitro groups is 1. The maximum absolute atomic E-state index is 12.8. The molecule has 0 fully saturated rings. The van der Waals surface area contributed by atoms with Crippen LogP contribution in [0.3, 0.4) is 0 Å². The maximum Gasteiger partial charge on any atom is 0.365 e. The van der Waals surface area contributed by atoms with Crippen LogP contribution in [0.1, 0.15) is 29.4 Å². The number of carbonyl (C=O) groups excluding carboxylic acids is 1. The van der Waals surface area contributed by atoms with Gasteiger partial charge in [0.25, 0.3) is 5.69 Å². The van der Waals surface area contributed by atoms with Gasteiger partial charge >= 0.3 is 18.2 Å². The van der Waals surface area contributed by atoms with Crippen LogP contribution in [-0.4, -0.2) is 29.6 Å². The minimum Gasteiger partial charge on any atom is -0.492 e. The van der Waals surface area contributed by atoms with E-state index in [1.165, 1.54) is 6.92 Å². The number of alkyl halides is 2. The van der Waals surface area contributed by atoms with E-state index in [1.807, 2.05) is 0 Å². The van der Waals surface area contributed by atoms with E-state index in [0.29, 0.717) is 0 Å². The first-order valence-electron chi connectivity index (χ1n) is 5.10. The third kappa shape index (κ3) is 3.12. The first-order valence-corrected chi connectivity index (χ1v) is 5.10. The highest BCUT2D eigenvalue weighted by Gasteiger charge is 2.31. The number of pyridine rings is 1. The van der Waals surface area contributed by atoms with E-state index in [9.17, 15) is 23.7 Å². The van der Waals surface area contributed by atoms with Gasteiger partial charge in [0, 0.05) is 0 Å². The molecule has 0 amide bonds. The van der Waals surface area contributed by atoms with E-state index in [4.69, 9.17) is 0 Å². The van der Waals surface area contributed by atoms with Gasteiger partial charge in [0.1, 0.15) is 5.56 Å². The molecular formula is C10H10F2N2O5. The average Bonchev–Trinajstić information content (AvgIpc) is 2.36. The molecule has 1 aromatic heterocycles. The Balaban J connectivity index is 3.48. The van der Waals surface area contributed by atoms with Crippen LogP contribution in [0.4, 0.5) is 14.6 Å². The SMILES string of the molecule is CCOC(=O)c1cc([N+](=O)[O-])nc(C(F)F)c1OC. The molecule has 104 valence electrons. The van der Waals surface area contributed by atoms with Crippen molar-refractivity contribution in [1.29, 1.82) is 0 Å². The molecule has 1 rings (SSSR count). The lowest BCUT2D eigenvalue weighted by Crippen LogP contribution is -2.11. The lowest BCUT2D eigenvalue weighted by molar-refractivity contribution is -0.389. The second kappa shape index (κ2) is 6.03. The summed E-state index contributed by atoms with van der Waals surface area (Å²) in [5, 5.41) is 10.6. The van der Waals surface area contributed by atoms with Crippen LogP contribution in [0.25, 0.3) is 0 Å².